The number of nitrogens with two attached hydrogens (primary N) is 1. The Balaban J connectivity index is 0.956. The van der Waals surface area contributed by atoms with Crippen molar-refractivity contribution in [1.29, 1.82) is 0 Å². The molecule has 0 amide bonds. The van der Waals surface area contributed by atoms with Crippen LogP contribution in [0.25, 0.3) is 11.3 Å². The first-order valence-corrected chi connectivity index (χ1v) is 14.4. The minimum Gasteiger partial charge on any atom is -0.375 e. The summed E-state index contributed by atoms with van der Waals surface area (Å²) in [5, 5.41) is 3.51. The second kappa shape index (κ2) is 12.4. The van der Waals surface area contributed by atoms with Crippen molar-refractivity contribution >= 4 is 33.8 Å². The van der Waals surface area contributed by atoms with Gasteiger partial charge in [-0.15, -0.1) is 11.3 Å². The van der Waals surface area contributed by atoms with Crippen molar-refractivity contribution in [3.8, 4) is 11.3 Å². The lowest BCUT2D eigenvalue weighted by molar-refractivity contribution is 0.127. The van der Waals surface area contributed by atoms with E-state index in [-0.39, 0.29) is 0 Å². The predicted octanol–water partition coefficient (Wildman–Crippen LogP) is 4.42. The second-order valence-electron chi connectivity index (χ2n) is 9.83. The van der Waals surface area contributed by atoms with Crippen molar-refractivity contribution in [2.24, 2.45) is 0 Å². The van der Waals surface area contributed by atoms with Crippen LogP contribution in [-0.2, 0) is 6.42 Å². The molecule has 2 fully saturated rings. The van der Waals surface area contributed by atoms with Gasteiger partial charge in [-0.3, -0.25) is 4.90 Å². The maximum Gasteiger partial charge on any atom is 0.180 e. The van der Waals surface area contributed by atoms with Crippen molar-refractivity contribution in [1.82, 2.24) is 19.7 Å². The summed E-state index contributed by atoms with van der Waals surface area (Å²) in [6.07, 6.45) is 2.35. The van der Waals surface area contributed by atoms with Crippen LogP contribution in [0, 0.1) is 0 Å². The number of rotatable bonds is 9. The first-order chi connectivity index (χ1) is 17.6. The number of nitrogens with zero attached hydrogens (tertiary/aromatic N) is 5. The van der Waals surface area contributed by atoms with Gasteiger partial charge in [0, 0.05) is 69.8 Å². The number of aromatic nitrogens is 1. The van der Waals surface area contributed by atoms with Gasteiger partial charge in [0.2, 0.25) is 0 Å². The van der Waals surface area contributed by atoms with Crippen molar-refractivity contribution in [2.45, 2.75) is 12.8 Å². The van der Waals surface area contributed by atoms with E-state index in [1.807, 2.05) is 17.5 Å². The van der Waals surface area contributed by atoms with Crippen LogP contribution in [0.2, 0.25) is 5.02 Å². The number of thiazole rings is 1. The third kappa shape index (κ3) is 6.78. The molecule has 3 heterocycles. The maximum atomic E-state index is 6.38. The van der Waals surface area contributed by atoms with Gasteiger partial charge in [0.1, 0.15) is 0 Å². The highest BCUT2D eigenvalue weighted by Gasteiger charge is 2.20. The maximum absolute atomic E-state index is 6.38. The van der Waals surface area contributed by atoms with Crippen LogP contribution in [0.3, 0.4) is 0 Å². The summed E-state index contributed by atoms with van der Waals surface area (Å²) in [6.45, 7) is 12.6. The van der Waals surface area contributed by atoms with Crippen molar-refractivity contribution in [3.05, 3.63) is 64.5 Å². The molecule has 3 aromatic rings. The van der Waals surface area contributed by atoms with E-state index in [1.165, 1.54) is 68.3 Å². The zero-order chi connectivity index (χ0) is 24.7. The normalized spacial score (nSPS) is 18.1. The Morgan fingerprint density at radius 3 is 2.00 bits per heavy atom. The molecule has 2 N–H and O–H groups in total. The fraction of sp³-hybridized carbons (Fsp3) is 0.464. The molecule has 0 saturated carbocycles. The van der Waals surface area contributed by atoms with Gasteiger partial charge >= 0.3 is 0 Å². The van der Waals surface area contributed by atoms with E-state index in [0.717, 1.165) is 55.4 Å². The highest BCUT2D eigenvalue weighted by atomic mass is 35.5. The third-order valence-corrected chi connectivity index (χ3v) is 8.46. The molecule has 0 aliphatic carbocycles. The fourth-order valence-electron chi connectivity index (χ4n) is 5.22. The van der Waals surface area contributed by atoms with Crippen LogP contribution in [0.5, 0.6) is 0 Å². The number of hydrogen-bond acceptors (Lipinski definition) is 7. The van der Waals surface area contributed by atoms with E-state index in [9.17, 15) is 0 Å². The second-order valence-corrected chi connectivity index (χ2v) is 11.1. The smallest absolute Gasteiger partial charge is 0.180 e. The molecule has 1 aromatic heterocycles. The van der Waals surface area contributed by atoms with E-state index in [0.29, 0.717) is 5.13 Å². The van der Waals surface area contributed by atoms with Gasteiger partial charge in [-0.25, -0.2) is 4.98 Å². The lowest BCUT2D eigenvalue weighted by atomic mass is 10.1. The lowest BCUT2D eigenvalue weighted by Crippen LogP contribution is -2.49. The number of benzene rings is 2. The van der Waals surface area contributed by atoms with Crippen LogP contribution < -0.4 is 10.6 Å². The molecular formula is C28H37ClN6S. The Morgan fingerprint density at radius 2 is 1.39 bits per heavy atom. The Labute approximate surface area is 224 Å². The summed E-state index contributed by atoms with van der Waals surface area (Å²) in [4.78, 5) is 14.7. The van der Waals surface area contributed by atoms with Gasteiger partial charge in [-0.1, -0.05) is 48.0 Å². The Morgan fingerprint density at radius 1 is 0.778 bits per heavy atom. The minimum atomic E-state index is 0.626. The van der Waals surface area contributed by atoms with Crippen molar-refractivity contribution in [2.75, 3.05) is 82.6 Å². The number of anilines is 2. The summed E-state index contributed by atoms with van der Waals surface area (Å²) in [5.74, 6) is 0. The molecule has 2 saturated heterocycles. The lowest BCUT2D eigenvalue weighted by Gasteiger charge is -2.37. The number of hydrogen-bond donors (Lipinski definition) is 1. The van der Waals surface area contributed by atoms with Gasteiger partial charge in [-0.2, -0.15) is 0 Å². The summed E-state index contributed by atoms with van der Waals surface area (Å²) < 4.78 is 0. The van der Waals surface area contributed by atoms with Gasteiger partial charge < -0.3 is 20.4 Å². The summed E-state index contributed by atoms with van der Waals surface area (Å²) in [6, 6.07) is 17.0. The molecule has 36 heavy (non-hydrogen) atoms. The predicted molar refractivity (Wildman–Crippen MR) is 153 cm³/mol. The van der Waals surface area contributed by atoms with E-state index >= 15 is 0 Å². The van der Waals surface area contributed by atoms with Crippen LogP contribution in [0.1, 0.15) is 12.0 Å². The molecule has 6 nitrogen and oxygen atoms in total. The minimum absolute atomic E-state index is 0.626. The van der Waals surface area contributed by atoms with E-state index < -0.39 is 0 Å². The topological polar surface area (TPSA) is 51.9 Å². The molecule has 2 aliphatic rings. The molecule has 192 valence electrons. The summed E-state index contributed by atoms with van der Waals surface area (Å²) in [7, 11) is 0. The molecule has 0 spiro atoms. The average molecular weight is 525 g/mol. The van der Waals surface area contributed by atoms with Crippen LogP contribution in [-0.4, -0.2) is 91.7 Å². The number of nitrogen functional groups attached to an aromatic ring is 1. The summed E-state index contributed by atoms with van der Waals surface area (Å²) >= 11 is 7.87. The molecule has 0 bridgehead atoms. The molecule has 2 aromatic carbocycles. The zero-order valence-corrected chi connectivity index (χ0v) is 22.6. The largest absolute Gasteiger partial charge is 0.375 e. The molecule has 0 unspecified atom stereocenters. The van der Waals surface area contributed by atoms with E-state index in [1.54, 1.807) is 0 Å². The molecule has 0 radical (unpaired) electrons. The first-order valence-electron chi connectivity index (χ1n) is 13.1. The van der Waals surface area contributed by atoms with E-state index in [2.05, 4.69) is 61.0 Å². The van der Waals surface area contributed by atoms with Crippen LogP contribution in [0.4, 0.5) is 10.8 Å². The number of halogens is 1. The monoisotopic (exact) mass is 524 g/mol. The Hall–Kier alpha value is -2.16. The van der Waals surface area contributed by atoms with E-state index in [4.69, 9.17) is 17.3 Å². The third-order valence-electron chi connectivity index (χ3n) is 7.47. The van der Waals surface area contributed by atoms with Crippen LogP contribution in [0.15, 0.2) is 53.9 Å². The SMILES string of the molecule is Nc1nc(-c2ccc(CCN3CCN(CCCN4CCN(c5ccccc5Cl)CC4)CC3)cc2)cs1. The molecule has 8 heteroatoms. The van der Waals surface area contributed by atoms with Crippen LogP contribution >= 0.6 is 22.9 Å². The van der Waals surface area contributed by atoms with Gasteiger partial charge in [0.25, 0.3) is 0 Å². The number of para-hydroxylation sites is 1. The van der Waals surface area contributed by atoms with Gasteiger partial charge in [0.15, 0.2) is 5.13 Å². The average Bonchev–Trinajstić information content (AvgIpc) is 3.35. The molecule has 5 rings (SSSR count). The summed E-state index contributed by atoms with van der Waals surface area (Å²) in [5.41, 5.74) is 10.4. The molecular weight excluding hydrogens is 488 g/mol. The van der Waals surface area contributed by atoms with Gasteiger partial charge in [0.05, 0.1) is 16.4 Å². The van der Waals surface area contributed by atoms with Crippen molar-refractivity contribution in [3.63, 3.8) is 0 Å². The Kier molecular flexibility index (Phi) is 8.77. The van der Waals surface area contributed by atoms with Crippen molar-refractivity contribution < 1.29 is 0 Å². The fourth-order valence-corrected chi connectivity index (χ4v) is 6.05. The number of piperazine rings is 2. The Bertz CT molecular complexity index is 1090. The highest BCUT2D eigenvalue weighted by molar-refractivity contribution is 7.13. The first kappa shape index (κ1) is 25.5. The van der Waals surface area contributed by atoms with Gasteiger partial charge in [-0.05, 0) is 43.6 Å². The standard InChI is InChI=1S/C28H37ClN6S/c29-25-4-1-2-5-27(25)35-20-18-33(19-21-35)12-3-11-32-14-16-34(17-15-32)13-10-23-6-8-24(9-7-23)26-22-36-28(30)31-26/h1-2,4-9,22H,3,10-21H2,(H2,30,31). The highest BCUT2D eigenvalue weighted by Crippen LogP contribution is 2.26. The molecule has 2 aliphatic heterocycles. The zero-order valence-electron chi connectivity index (χ0n) is 21.0. The quantitative estimate of drug-likeness (QED) is 0.447. The molecule has 0 atom stereocenters.